The zero-order valence-electron chi connectivity index (χ0n) is 23.1. The van der Waals surface area contributed by atoms with Gasteiger partial charge in [0.1, 0.15) is 0 Å². The van der Waals surface area contributed by atoms with Gasteiger partial charge in [-0.3, -0.25) is 0 Å². The predicted octanol–water partition coefficient (Wildman–Crippen LogP) is 10.2. The minimum atomic E-state index is -0.112. The first-order valence-electron chi connectivity index (χ1n) is 14.4. The molecule has 2 aromatic heterocycles. The third kappa shape index (κ3) is 2.97. The minimum absolute atomic E-state index is 0.112. The minimum Gasteiger partial charge on any atom is -0.309 e. The lowest BCUT2D eigenvalue weighted by Crippen LogP contribution is -2.14. The van der Waals surface area contributed by atoms with Gasteiger partial charge in [0.25, 0.3) is 0 Å². The van der Waals surface area contributed by atoms with E-state index in [1.165, 1.54) is 77.2 Å². The number of aromatic nitrogens is 2. The van der Waals surface area contributed by atoms with Crippen molar-refractivity contribution < 1.29 is 0 Å². The summed E-state index contributed by atoms with van der Waals surface area (Å²) >= 11 is 0. The van der Waals surface area contributed by atoms with Crippen molar-refractivity contribution >= 4 is 43.6 Å². The molecule has 1 aliphatic carbocycles. The first-order chi connectivity index (χ1) is 20.1. The Morgan fingerprint density at radius 3 is 1.22 bits per heavy atom. The number of hydrogen-bond donors (Lipinski definition) is 0. The number of rotatable bonds is 2. The van der Waals surface area contributed by atoms with Crippen LogP contribution in [0.2, 0.25) is 0 Å². The molecular formula is C39H28N2. The van der Waals surface area contributed by atoms with E-state index in [1.54, 1.807) is 0 Å². The molecule has 0 aliphatic heterocycles. The molecular weight excluding hydrogens is 496 g/mol. The summed E-state index contributed by atoms with van der Waals surface area (Å²) < 4.78 is 4.85. The molecule has 8 aromatic rings. The molecule has 2 nitrogen and oxygen atoms in total. The molecule has 0 fully saturated rings. The van der Waals surface area contributed by atoms with Crippen LogP contribution in [0.15, 0.2) is 133 Å². The second-order valence-electron chi connectivity index (χ2n) is 11.8. The average Bonchev–Trinajstić information content (AvgIpc) is 3.59. The summed E-state index contributed by atoms with van der Waals surface area (Å²) in [6.07, 6.45) is 0. The Bertz CT molecular complexity index is 2150. The molecule has 41 heavy (non-hydrogen) atoms. The topological polar surface area (TPSA) is 9.86 Å². The first kappa shape index (κ1) is 22.7. The van der Waals surface area contributed by atoms with Crippen molar-refractivity contribution in [3.8, 4) is 22.5 Å². The van der Waals surface area contributed by atoms with Gasteiger partial charge in [-0.05, 0) is 82.9 Å². The summed E-state index contributed by atoms with van der Waals surface area (Å²) in [6.45, 7) is 4.78. The van der Waals surface area contributed by atoms with E-state index < -0.39 is 0 Å². The standard InChI is InChI=1S/C39H28N2/c1-39(2)33-21-31-27-17-9-11-19-35(27)40(25-13-5-3-6-14-25)37(31)23-29(33)30-24-38-32(22-34(30)39)28-18-10-12-20-36(28)41(38)26-15-7-4-8-16-26/h3-24H,1-2H3. The monoisotopic (exact) mass is 524 g/mol. The highest BCUT2D eigenvalue weighted by molar-refractivity contribution is 6.14. The van der Waals surface area contributed by atoms with E-state index in [-0.39, 0.29) is 5.41 Å². The molecule has 0 amide bonds. The summed E-state index contributed by atoms with van der Waals surface area (Å²) in [6, 6.07) is 49.0. The van der Waals surface area contributed by atoms with Crippen LogP contribution in [0.4, 0.5) is 0 Å². The molecule has 0 N–H and O–H groups in total. The van der Waals surface area contributed by atoms with Crippen LogP contribution in [0.1, 0.15) is 25.0 Å². The largest absolute Gasteiger partial charge is 0.309 e. The van der Waals surface area contributed by atoms with Crippen molar-refractivity contribution in [3.05, 3.63) is 145 Å². The molecule has 0 unspecified atom stereocenters. The van der Waals surface area contributed by atoms with Crippen molar-refractivity contribution in [3.63, 3.8) is 0 Å². The second kappa shape index (κ2) is 7.99. The molecule has 0 saturated heterocycles. The fourth-order valence-electron chi connectivity index (χ4n) is 7.37. The molecule has 9 rings (SSSR count). The Morgan fingerprint density at radius 1 is 0.390 bits per heavy atom. The van der Waals surface area contributed by atoms with Gasteiger partial charge in [-0.15, -0.1) is 0 Å². The maximum atomic E-state index is 2.47. The predicted molar refractivity (Wildman–Crippen MR) is 173 cm³/mol. The third-order valence-electron chi connectivity index (χ3n) is 9.29. The number of hydrogen-bond acceptors (Lipinski definition) is 0. The van der Waals surface area contributed by atoms with Gasteiger partial charge < -0.3 is 9.13 Å². The fraction of sp³-hybridized carbons (Fsp3) is 0.0769. The second-order valence-corrected chi connectivity index (χ2v) is 11.8. The van der Waals surface area contributed by atoms with Gasteiger partial charge in [-0.2, -0.15) is 0 Å². The zero-order chi connectivity index (χ0) is 27.3. The number of fused-ring (bicyclic) bond motifs is 9. The van der Waals surface area contributed by atoms with E-state index in [1.807, 2.05) is 0 Å². The molecule has 0 radical (unpaired) electrons. The molecule has 0 spiro atoms. The Labute approximate surface area is 238 Å². The molecule has 1 aliphatic rings. The quantitative estimate of drug-likeness (QED) is 0.213. The highest BCUT2D eigenvalue weighted by atomic mass is 15.0. The van der Waals surface area contributed by atoms with Crippen LogP contribution in [0, 0.1) is 0 Å². The van der Waals surface area contributed by atoms with Crippen LogP contribution in [-0.2, 0) is 5.41 Å². The number of nitrogens with zero attached hydrogens (tertiary/aromatic N) is 2. The number of benzene rings is 6. The maximum absolute atomic E-state index is 2.47. The third-order valence-corrected chi connectivity index (χ3v) is 9.29. The van der Waals surface area contributed by atoms with Crippen LogP contribution < -0.4 is 0 Å². The summed E-state index contributed by atoms with van der Waals surface area (Å²) in [7, 11) is 0. The Kier molecular flexibility index (Phi) is 4.42. The molecule has 2 heterocycles. The number of para-hydroxylation sites is 4. The fourth-order valence-corrected chi connectivity index (χ4v) is 7.37. The summed E-state index contributed by atoms with van der Waals surface area (Å²) in [5.74, 6) is 0. The molecule has 194 valence electrons. The lowest BCUT2D eigenvalue weighted by molar-refractivity contribution is 0.662. The van der Waals surface area contributed by atoms with Crippen molar-refractivity contribution in [2.45, 2.75) is 19.3 Å². The smallest absolute Gasteiger partial charge is 0.0547 e. The Hall–Kier alpha value is -5.08. The average molecular weight is 525 g/mol. The SMILES string of the molecule is CC1(C)c2cc3c4ccccc4n(-c4ccccc4)c3cc2-c2cc3c(cc21)c1ccccc1n3-c1ccccc1. The zero-order valence-corrected chi connectivity index (χ0v) is 23.1. The van der Waals surface area contributed by atoms with Gasteiger partial charge in [0.15, 0.2) is 0 Å². The van der Waals surface area contributed by atoms with Crippen molar-refractivity contribution in [2.75, 3.05) is 0 Å². The van der Waals surface area contributed by atoms with Gasteiger partial charge in [0.2, 0.25) is 0 Å². The Balaban J connectivity index is 1.41. The lowest BCUT2D eigenvalue weighted by atomic mass is 9.81. The lowest BCUT2D eigenvalue weighted by Gasteiger charge is -2.22. The summed E-state index contributed by atoms with van der Waals surface area (Å²) in [5.41, 5.74) is 12.7. The van der Waals surface area contributed by atoms with Crippen molar-refractivity contribution in [2.24, 2.45) is 0 Å². The molecule has 0 atom stereocenters. The van der Waals surface area contributed by atoms with E-state index in [0.717, 1.165) is 0 Å². The first-order valence-corrected chi connectivity index (χ1v) is 14.4. The van der Waals surface area contributed by atoms with Crippen LogP contribution in [0.25, 0.3) is 66.1 Å². The van der Waals surface area contributed by atoms with E-state index in [2.05, 4.69) is 156 Å². The highest BCUT2D eigenvalue weighted by Gasteiger charge is 2.37. The van der Waals surface area contributed by atoms with E-state index in [0.29, 0.717) is 0 Å². The maximum Gasteiger partial charge on any atom is 0.0547 e. The van der Waals surface area contributed by atoms with Crippen LogP contribution in [0.5, 0.6) is 0 Å². The van der Waals surface area contributed by atoms with Gasteiger partial charge >= 0.3 is 0 Å². The van der Waals surface area contributed by atoms with Crippen LogP contribution in [-0.4, -0.2) is 9.13 Å². The summed E-state index contributed by atoms with van der Waals surface area (Å²) in [4.78, 5) is 0. The molecule has 2 heteroatoms. The van der Waals surface area contributed by atoms with E-state index >= 15 is 0 Å². The van der Waals surface area contributed by atoms with E-state index in [4.69, 9.17) is 0 Å². The highest BCUT2D eigenvalue weighted by Crippen LogP contribution is 2.53. The van der Waals surface area contributed by atoms with Gasteiger partial charge in [-0.1, -0.05) is 86.6 Å². The summed E-state index contributed by atoms with van der Waals surface area (Å²) in [5, 5.41) is 5.22. The van der Waals surface area contributed by atoms with Gasteiger partial charge in [0, 0.05) is 38.3 Å². The molecule has 6 aromatic carbocycles. The van der Waals surface area contributed by atoms with E-state index in [9.17, 15) is 0 Å². The van der Waals surface area contributed by atoms with Crippen molar-refractivity contribution in [1.82, 2.24) is 9.13 Å². The normalized spacial score (nSPS) is 13.8. The van der Waals surface area contributed by atoms with Gasteiger partial charge in [-0.25, -0.2) is 0 Å². The molecule has 0 bridgehead atoms. The van der Waals surface area contributed by atoms with Crippen molar-refractivity contribution in [1.29, 1.82) is 0 Å². The Morgan fingerprint density at radius 2 is 0.780 bits per heavy atom. The van der Waals surface area contributed by atoms with Gasteiger partial charge in [0.05, 0.1) is 22.1 Å². The van der Waals surface area contributed by atoms with Crippen LogP contribution >= 0.6 is 0 Å². The van der Waals surface area contributed by atoms with Crippen LogP contribution in [0.3, 0.4) is 0 Å². The molecule has 0 saturated carbocycles.